The van der Waals surface area contributed by atoms with Crippen molar-refractivity contribution in [2.45, 2.75) is 183 Å². The Kier molecular flexibility index (Phi) is 25.0. The van der Waals surface area contributed by atoms with Gasteiger partial charge < -0.3 is 52.3 Å². The average Bonchev–Trinajstić information content (AvgIpc) is 1.63. The molecule has 9 aromatic heterocycles. The number of fused-ring (bicyclic) bond motifs is 4. The summed E-state index contributed by atoms with van der Waals surface area (Å²) in [6, 6.07) is 30.1. The van der Waals surface area contributed by atoms with E-state index in [1.807, 2.05) is 89.8 Å². The lowest BCUT2D eigenvalue weighted by Gasteiger charge is -2.23. The number of nitrogen functional groups attached to an aromatic ring is 2. The van der Waals surface area contributed by atoms with Crippen molar-refractivity contribution in [1.82, 2.24) is 104 Å². The number of hydrogen-bond acceptors (Lipinski definition) is 25. The fourth-order valence-corrected chi connectivity index (χ4v) is 15.4. The Morgan fingerprint density at radius 2 is 1.12 bits per heavy atom. The Morgan fingerprint density at radius 3 is 1.69 bits per heavy atom. The zero-order valence-electron chi connectivity index (χ0n) is 62.5. The minimum absolute atomic E-state index is 0.0988. The quantitative estimate of drug-likeness (QED) is 0.0245. The zero-order chi connectivity index (χ0) is 74.3. The smallest absolute Gasteiger partial charge is 0.322 e. The van der Waals surface area contributed by atoms with Gasteiger partial charge in [-0.3, -0.25) is 0 Å². The van der Waals surface area contributed by atoms with Gasteiger partial charge in [0.05, 0.1) is 30.0 Å². The van der Waals surface area contributed by atoms with Crippen LogP contribution in [0.25, 0.3) is 28.3 Å². The average molecular weight is 1490 g/mol. The van der Waals surface area contributed by atoms with Crippen molar-refractivity contribution in [1.29, 1.82) is 0 Å². The summed E-state index contributed by atoms with van der Waals surface area (Å²) in [5, 5.41) is 40.1. The van der Waals surface area contributed by atoms with Crippen LogP contribution in [0, 0.1) is 0 Å². The Morgan fingerprint density at radius 1 is 0.533 bits per heavy atom. The van der Waals surface area contributed by atoms with Crippen molar-refractivity contribution in [2.75, 3.05) is 67.6 Å². The van der Waals surface area contributed by atoms with Gasteiger partial charge in [-0.25, -0.2) is 9.67 Å². The van der Waals surface area contributed by atoms with Crippen molar-refractivity contribution < 1.29 is 14.2 Å². The van der Waals surface area contributed by atoms with Crippen LogP contribution >= 0.6 is 23.5 Å². The molecule has 1 unspecified atom stereocenters. The van der Waals surface area contributed by atoms with Gasteiger partial charge in [-0.2, -0.15) is 78.4 Å². The fourth-order valence-electron chi connectivity index (χ4n) is 13.4. The summed E-state index contributed by atoms with van der Waals surface area (Å²) in [7, 11) is 0. The molecule has 28 nitrogen and oxygen atoms in total. The van der Waals surface area contributed by atoms with Gasteiger partial charge in [0.25, 0.3) is 0 Å². The van der Waals surface area contributed by atoms with E-state index in [1.54, 1.807) is 33.2 Å². The highest BCUT2D eigenvalue weighted by Gasteiger charge is 2.27. The van der Waals surface area contributed by atoms with Crippen LogP contribution in [0.1, 0.15) is 175 Å². The molecule has 0 spiro atoms. The molecule has 0 bridgehead atoms. The predicted octanol–water partition coefficient (Wildman–Crippen LogP) is 12.1. The molecule has 16 rings (SSSR count). The van der Waals surface area contributed by atoms with Gasteiger partial charge in [-0.05, 0) is 123 Å². The van der Waals surface area contributed by atoms with E-state index in [2.05, 4.69) is 175 Å². The third-order valence-corrected chi connectivity index (χ3v) is 21.3. The number of ether oxygens (including phenoxy) is 3. The minimum Gasteiger partial charge on any atom is -0.459 e. The summed E-state index contributed by atoms with van der Waals surface area (Å²) in [5.74, 6) is 3.83. The third-order valence-electron chi connectivity index (χ3n) is 19.0. The van der Waals surface area contributed by atoms with E-state index in [4.69, 9.17) is 50.7 Å². The lowest BCUT2D eigenvalue weighted by Crippen LogP contribution is -2.37. The number of hydrogen-bond donors (Lipinski definition) is 7. The largest absolute Gasteiger partial charge is 0.459 e. The highest BCUT2D eigenvalue weighted by molar-refractivity contribution is 8.00. The maximum absolute atomic E-state index is 6.27. The Bertz CT molecular complexity index is 4920. The number of anilines is 4. The van der Waals surface area contributed by atoms with Crippen molar-refractivity contribution in [3.63, 3.8) is 0 Å². The first kappa shape index (κ1) is 75.2. The zero-order valence-corrected chi connectivity index (χ0v) is 64.1. The van der Waals surface area contributed by atoms with Crippen LogP contribution in [0.5, 0.6) is 18.0 Å². The lowest BCUT2D eigenvalue weighted by molar-refractivity contribution is 0.153. The second-order valence-electron chi connectivity index (χ2n) is 28.3. The standard InChI is InChI=1S/C25H34N6OS.C23H26N8O.C21H28N6OS.C8H11N5/c1-17(2)21-16-28-31-23(21)29-25(32-19-9-7-13-26-15-19)30-24(31)27-14-18-8-3-6-12-22(18)33-20-10-4-5-11-20;1-15(2)20-18(13-16-7-3-4-9-19(16)30-12-6-11-26-30)29-31-21(20)27-23(28-22(31)24)32-17-8-5-10-25-14-17;1-14(2)17-13-24-27-19(17)25-21(28-16-8-6-10-22-12-16)26-20(27)23-11-15-7-4-5-9-18(15)29-3;1-5(2)7-11-6-3-4-10-13(6)8(9)12-7/h3,6,8,12,16-17,19-20,26H,4-5,7,9-11,13-15H2,1-2H3,(H,27,29,30);3-9,11-12,15,17,25H,10,13-14H2,1-2H3,(H2,24,27,28);4-5,7,9,13-14,16,22H,6,8,10-12H2,1-3H3,(H,23,25,26);3-5H,1-2H3,(H2,9,11,12)/t19-;;16-;/m1.1./s1. The molecule has 3 aromatic carbocycles. The molecule has 30 heteroatoms. The first-order valence-electron chi connectivity index (χ1n) is 37.4. The third kappa shape index (κ3) is 18.7. The summed E-state index contributed by atoms with van der Waals surface area (Å²) in [6.45, 7) is 23.6. The van der Waals surface area contributed by atoms with Crippen LogP contribution in [0.4, 0.5) is 23.8 Å². The number of benzene rings is 3. The second kappa shape index (κ2) is 35.6. The van der Waals surface area contributed by atoms with E-state index in [9.17, 15) is 0 Å². The number of thioether (sulfide) groups is 2. The molecular weight excluding hydrogens is 1390 g/mol. The summed E-state index contributed by atoms with van der Waals surface area (Å²) in [5.41, 5.74) is 23.8. The van der Waals surface area contributed by atoms with Gasteiger partial charge in [0.2, 0.25) is 23.8 Å². The van der Waals surface area contributed by atoms with Crippen LogP contribution in [0.2, 0.25) is 0 Å². The van der Waals surface area contributed by atoms with Crippen LogP contribution < -0.4 is 52.3 Å². The van der Waals surface area contributed by atoms with Gasteiger partial charge in [0, 0.05) is 102 Å². The number of nitrogens with one attached hydrogen (secondary N) is 5. The minimum atomic E-state index is -0.128. The van der Waals surface area contributed by atoms with E-state index in [1.165, 1.54) is 51.1 Å². The van der Waals surface area contributed by atoms with Crippen LogP contribution in [0.3, 0.4) is 0 Å². The molecule has 12 aromatic rings. The number of piperidine rings is 2. The maximum Gasteiger partial charge on any atom is 0.322 e. The van der Waals surface area contributed by atoms with E-state index in [0.29, 0.717) is 73.4 Å². The molecule has 107 heavy (non-hydrogen) atoms. The highest BCUT2D eigenvalue weighted by Crippen LogP contribution is 2.37. The maximum atomic E-state index is 6.27. The molecule has 3 aliphatic heterocycles. The van der Waals surface area contributed by atoms with Gasteiger partial charge in [-0.15, -0.1) is 23.5 Å². The van der Waals surface area contributed by atoms with E-state index in [0.717, 1.165) is 120 Å². The molecule has 562 valence electrons. The number of para-hydroxylation sites is 1. The SMILES string of the molecule is CC(C)c1c(Cc2ccccc2-n2cccn2)nn2c(N)nc(OC3C=CCNC3)nc12.CC(C)c1cnn2c(NCc3ccccc3SC3CCCC3)nc(O[C@@H]3CCCNC3)nc12.CC(C)c1nc(N)n2nccc2n1.CSc1ccccc1CNc1nc(O[C@@H]2CCCNC2)nc2c(C(C)C)cnn12. The van der Waals surface area contributed by atoms with Crippen LogP contribution in [0.15, 0.2) is 138 Å². The van der Waals surface area contributed by atoms with Gasteiger partial charge in [-0.1, -0.05) is 129 Å². The molecule has 2 saturated heterocycles. The Hall–Kier alpha value is -10.0. The monoisotopic (exact) mass is 1490 g/mol. The molecule has 1 saturated carbocycles. The van der Waals surface area contributed by atoms with Crippen molar-refractivity contribution >= 4 is 69.9 Å². The van der Waals surface area contributed by atoms with Crippen LogP contribution in [-0.2, 0) is 19.5 Å². The lowest BCUT2D eigenvalue weighted by atomic mass is 9.98. The van der Waals surface area contributed by atoms with Gasteiger partial charge in [0.15, 0.2) is 22.6 Å². The van der Waals surface area contributed by atoms with E-state index >= 15 is 0 Å². The topological polar surface area (TPSA) is 330 Å². The van der Waals surface area contributed by atoms with Crippen molar-refractivity contribution in [3.05, 3.63) is 173 Å². The first-order chi connectivity index (χ1) is 52.1. The molecule has 12 heterocycles. The summed E-state index contributed by atoms with van der Waals surface area (Å²) in [6.07, 6.45) is 25.6. The molecule has 1 aliphatic carbocycles. The normalized spacial score (nSPS) is 16.8. The number of aromatic nitrogens is 18. The van der Waals surface area contributed by atoms with Crippen LogP contribution in [-0.4, -0.2) is 157 Å². The Labute approximate surface area is 632 Å². The molecule has 4 aliphatic rings. The first-order valence-corrected chi connectivity index (χ1v) is 39.5. The van der Waals surface area contributed by atoms with Crippen molar-refractivity contribution in [2.24, 2.45) is 0 Å². The number of nitrogens with zero attached hydrogens (tertiary/aromatic N) is 18. The number of rotatable bonds is 22. The van der Waals surface area contributed by atoms with E-state index in [-0.39, 0.29) is 42.1 Å². The molecule has 0 amide bonds. The summed E-state index contributed by atoms with van der Waals surface area (Å²) in [4.78, 5) is 38.9. The molecule has 9 N–H and O–H groups in total. The molecule has 3 fully saturated rings. The predicted molar refractivity (Wildman–Crippen MR) is 422 cm³/mol. The fraction of sp³-hybridized carbons (Fsp3) is 0.442. The highest BCUT2D eigenvalue weighted by atomic mass is 32.2. The second-order valence-corrected chi connectivity index (χ2v) is 30.5. The number of nitrogens with two attached hydrogens (primary N) is 2. The van der Waals surface area contributed by atoms with Gasteiger partial charge in [0.1, 0.15) is 24.1 Å². The Balaban J connectivity index is 0.000000131. The van der Waals surface area contributed by atoms with Gasteiger partial charge >= 0.3 is 18.0 Å². The molecule has 0 radical (unpaired) electrons. The molecular formula is C77H99N25O3S2. The summed E-state index contributed by atoms with van der Waals surface area (Å²) < 4.78 is 26.9. The van der Waals surface area contributed by atoms with E-state index < -0.39 is 0 Å². The summed E-state index contributed by atoms with van der Waals surface area (Å²) >= 11 is 3.77. The molecule has 3 atom stereocenters. The van der Waals surface area contributed by atoms with Crippen molar-refractivity contribution in [3.8, 4) is 23.7 Å².